The molecule has 3 aromatic rings. The Labute approximate surface area is 168 Å². The number of aromatic amines is 1. The molecular formula is C20H18ClN3O3S. The molecule has 0 bridgehead atoms. The van der Waals surface area contributed by atoms with Gasteiger partial charge in [-0.15, -0.1) is 5.69 Å². The maximum atomic E-state index is 12.7. The molecule has 28 heavy (non-hydrogen) atoms. The van der Waals surface area contributed by atoms with E-state index in [1.165, 1.54) is 18.2 Å². The summed E-state index contributed by atoms with van der Waals surface area (Å²) >= 11 is 6.08. The highest BCUT2D eigenvalue weighted by Gasteiger charge is 2.15. The van der Waals surface area contributed by atoms with Crippen LogP contribution in [0.3, 0.4) is 0 Å². The molecule has 0 atom stereocenters. The third kappa shape index (κ3) is 4.88. The summed E-state index contributed by atoms with van der Waals surface area (Å²) in [5, 5.41) is 2.75. The van der Waals surface area contributed by atoms with E-state index in [9.17, 15) is 13.2 Å². The average Bonchev–Trinajstić information content (AvgIpc) is 2.69. The highest BCUT2D eigenvalue weighted by atomic mass is 35.5. The molecule has 1 amide bonds. The van der Waals surface area contributed by atoms with Crippen LogP contribution in [0, 0.1) is 6.92 Å². The van der Waals surface area contributed by atoms with Crippen LogP contribution < -0.4 is 10.3 Å². The molecule has 2 aromatic carbocycles. The minimum Gasteiger partial charge on any atom is -0.573 e. The van der Waals surface area contributed by atoms with Crippen LogP contribution >= 0.6 is 11.6 Å². The Bertz CT molecular complexity index is 1090. The van der Waals surface area contributed by atoms with E-state index >= 15 is 0 Å². The molecule has 0 aliphatic heterocycles. The van der Waals surface area contributed by atoms with Crippen molar-refractivity contribution in [3.63, 3.8) is 0 Å². The number of rotatable bonds is 6. The van der Waals surface area contributed by atoms with Crippen molar-refractivity contribution in [2.45, 2.75) is 18.4 Å². The van der Waals surface area contributed by atoms with E-state index in [4.69, 9.17) is 11.6 Å². The summed E-state index contributed by atoms with van der Waals surface area (Å²) in [6, 6.07) is 14.5. The number of H-pyrrole nitrogens is 1. The summed E-state index contributed by atoms with van der Waals surface area (Å²) in [5.74, 6) is -0.406. The van der Waals surface area contributed by atoms with Crippen LogP contribution in [0.25, 0.3) is 4.72 Å². The molecule has 2 N–H and O–H groups in total. The number of nitrogens with zero attached hydrogens (tertiary/aromatic N) is 1. The molecule has 0 spiro atoms. The van der Waals surface area contributed by atoms with Crippen molar-refractivity contribution in [1.82, 2.24) is 5.32 Å². The van der Waals surface area contributed by atoms with Gasteiger partial charge in [0, 0.05) is 24.2 Å². The fourth-order valence-electron chi connectivity index (χ4n) is 2.46. The molecule has 1 aromatic heterocycles. The Morgan fingerprint density at radius 1 is 1.07 bits per heavy atom. The molecule has 1 heterocycles. The predicted molar refractivity (Wildman–Crippen MR) is 107 cm³/mol. The number of hydrogen-bond donors (Lipinski definition) is 1. The monoisotopic (exact) mass is 415 g/mol. The van der Waals surface area contributed by atoms with Crippen molar-refractivity contribution in [2.24, 2.45) is 0 Å². The van der Waals surface area contributed by atoms with Gasteiger partial charge in [-0.05, 0) is 30.7 Å². The minimum atomic E-state index is -4.07. The zero-order chi connectivity index (χ0) is 20.1. The fourth-order valence-corrected chi connectivity index (χ4v) is 3.96. The number of carbonyl (C=O) groups excluding carboxylic acids is 1. The van der Waals surface area contributed by atoms with Gasteiger partial charge in [-0.3, -0.25) is 4.79 Å². The topological polar surface area (TPSA) is 91.5 Å². The van der Waals surface area contributed by atoms with Crippen LogP contribution in [0.1, 0.15) is 21.5 Å². The van der Waals surface area contributed by atoms with Gasteiger partial charge in [-0.2, -0.15) is 0 Å². The SMILES string of the molecule is Cc1ccc([N-]S(=O)(=O)c2cc(C(=O)NCc3cc[nH+]cc3)ccc2Cl)cc1. The maximum Gasteiger partial charge on any atom is 0.251 e. The number of carbonyl (C=O) groups is 1. The molecule has 0 aliphatic rings. The van der Waals surface area contributed by atoms with Crippen LogP contribution in [0.4, 0.5) is 5.69 Å². The minimum absolute atomic E-state index is 0.00556. The molecular weight excluding hydrogens is 398 g/mol. The van der Waals surface area contributed by atoms with Crippen molar-refractivity contribution in [2.75, 3.05) is 0 Å². The van der Waals surface area contributed by atoms with Gasteiger partial charge >= 0.3 is 0 Å². The fraction of sp³-hybridized carbons (Fsp3) is 0.100. The summed E-state index contributed by atoms with van der Waals surface area (Å²) < 4.78 is 29.2. The van der Waals surface area contributed by atoms with Crippen molar-refractivity contribution in [3.05, 3.63) is 93.4 Å². The number of benzene rings is 2. The number of hydrogen-bond acceptors (Lipinski definition) is 3. The zero-order valence-corrected chi connectivity index (χ0v) is 16.6. The average molecular weight is 416 g/mol. The van der Waals surface area contributed by atoms with E-state index in [1.54, 1.807) is 36.7 Å². The van der Waals surface area contributed by atoms with E-state index in [0.717, 1.165) is 11.1 Å². The number of nitrogens with one attached hydrogen (secondary N) is 2. The van der Waals surface area contributed by atoms with E-state index in [1.807, 2.05) is 19.1 Å². The molecule has 0 unspecified atom stereocenters. The Hall–Kier alpha value is -2.90. The normalized spacial score (nSPS) is 11.1. The number of sulfonamides is 1. The van der Waals surface area contributed by atoms with Crippen molar-refractivity contribution in [3.8, 4) is 0 Å². The lowest BCUT2D eigenvalue weighted by atomic mass is 10.2. The number of pyridine rings is 1. The lowest BCUT2D eigenvalue weighted by Crippen LogP contribution is -2.23. The van der Waals surface area contributed by atoms with E-state index in [-0.39, 0.29) is 21.2 Å². The van der Waals surface area contributed by atoms with Crippen LogP contribution in [0.2, 0.25) is 5.02 Å². The highest BCUT2D eigenvalue weighted by molar-refractivity contribution is 7.94. The zero-order valence-electron chi connectivity index (χ0n) is 15.0. The Kier molecular flexibility index (Phi) is 5.96. The lowest BCUT2D eigenvalue weighted by Gasteiger charge is -2.23. The standard InChI is InChI=1S/C20H17ClN3O3S/c1-14-2-5-17(6-3-14)24-28(26,27)19-12-16(4-7-18(19)21)20(25)23-13-15-8-10-22-11-9-15/h2-12H,13H2,1H3,(H,23,25)/q-1/p+1. The third-order valence-electron chi connectivity index (χ3n) is 3.97. The second-order valence-corrected chi connectivity index (χ2v) is 8.12. The van der Waals surface area contributed by atoms with Gasteiger partial charge in [0.2, 0.25) is 0 Å². The number of halogens is 1. The largest absolute Gasteiger partial charge is 0.573 e. The summed E-state index contributed by atoms with van der Waals surface area (Å²) in [7, 11) is -4.07. The van der Waals surface area contributed by atoms with Gasteiger partial charge in [0.05, 0.1) is 9.92 Å². The second-order valence-electron chi connectivity index (χ2n) is 6.14. The van der Waals surface area contributed by atoms with E-state index in [2.05, 4.69) is 15.0 Å². The summed E-state index contributed by atoms with van der Waals surface area (Å²) in [5.41, 5.74) is 2.37. The Balaban J connectivity index is 1.80. The first kappa shape index (κ1) is 19.9. The van der Waals surface area contributed by atoms with Gasteiger partial charge in [0.1, 0.15) is 10.0 Å². The predicted octanol–water partition coefficient (Wildman–Crippen LogP) is 3.79. The molecule has 0 fully saturated rings. The quantitative estimate of drug-likeness (QED) is 0.663. The number of aryl methyl sites for hydroxylation is 1. The Morgan fingerprint density at radius 2 is 1.75 bits per heavy atom. The molecule has 144 valence electrons. The van der Waals surface area contributed by atoms with Gasteiger partial charge in [-0.1, -0.05) is 41.4 Å². The van der Waals surface area contributed by atoms with E-state index in [0.29, 0.717) is 6.54 Å². The first-order valence-corrected chi connectivity index (χ1v) is 10.2. The molecule has 0 saturated carbocycles. The summed E-state index contributed by atoms with van der Waals surface area (Å²) in [6.45, 7) is 2.21. The van der Waals surface area contributed by atoms with Crippen molar-refractivity contribution in [1.29, 1.82) is 0 Å². The van der Waals surface area contributed by atoms with Crippen LogP contribution in [-0.2, 0) is 16.6 Å². The smallest absolute Gasteiger partial charge is 0.251 e. The van der Waals surface area contributed by atoms with Gasteiger partial charge < -0.3 is 10.0 Å². The van der Waals surface area contributed by atoms with Crippen LogP contribution in [0.5, 0.6) is 0 Å². The van der Waals surface area contributed by atoms with Crippen molar-refractivity contribution < 1.29 is 18.2 Å². The van der Waals surface area contributed by atoms with Gasteiger partial charge in [-0.25, -0.2) is 13.4 Å². The summed E-state index contributed by atoms with van der Waals surface area (Å²) in [6.07, 6.45) is 3.50. The first-order valence-electron chi connectivity index (χ1n) is 8.42. The van der Waals surface area contributed by atoms with E-state index < -0.39 is 15.9 Å². The van der Waals surface area contributed by atoms with Crippen LogP contribution in [0.15, 0.2) is 71.9 Å². The molecule has 8 heteroatoms. The van der Waals surface area contributed by atoms with Gasteiger partial charge in [0.15, 0.2) is 12.4 Å². The molecule has 0 saturated heterocycles. The molecule has 0 aliphatic carbocycles. The molecule has 6 nitrogen and oxygen atoms in total. The third-order valence-corrected chi connectivity index (χ3v) is 5.76. The molecule has 3 rings (SSSR count). The number of amides is 1. The first-order chi connectivity index (χ1) is 13.3. The lowest BCUT2D eigenvalue weighted by molar-refractivity contribution is -0.378. The number of aromatic nitrogens is 1. The summed E-state index contributed by atoms with van der Waals surface area (Å²) in [4.78, 5) is 15.1. The maximum absolute atomic E-state index is 12.7. The van der Waals surface area contributed by atoms with Gasteiger partial charge in [0.25, 0.3) is 5.91 Å². The highest BCUT2D eigenvalue weighted by Crippen LogP contribution is 2.32. The second kappa shape index (κ2) is 8.41. The Morgan fingerprint density at radius 3 is 2.43 bits per heavy atom. The van der Waals surface area contributed by atoms with Crippen LogP contribution in [-0.4, -0.2) is 14.3 Å². The molecule has 0 radical (unpaired) electrons. The van der Waals surface area contributed by atoms with Crippen molar-refractivity contribution >= 4 is 33.2 Å².